The predicted octanol–water partition coefficient (Wildman–Crippen LogP) is 0.780. The molecule has 13 heavy (non-hydrogen) atoms. The molecule has 0 aliphatic carbocycles. The Hall–Kier alpha value is -1.42. The molecule has 0 saturated heterocycles. The number of benzene rings is 1. The zero-order valence-electron chi connectivity index (χ0n) is 7.35. The second-order valence-corrected chi connectivity index (χ2v) is 2.94. The van der Waals surface area contributed by atoms with Gasteiger partial charge in [0.05, 0.1) is 5.52 Å². The van der Waals surface area contributed by atoms with E-state index in [1.165, 1.54) is 0 Å². The molecular weight excluding hydrogens is 164 g/mol. The summed E-state index contributed by atoms with van der Waals surface area (Å²) in [5.74, 6) is 0. The van der Waals surface area contributed by atoms with E-state index in [1.807, 2.05) is 28.9 Å². The lowest BCUT2D eigenvalue weighted by molar-refractivity contribution is 0.579. The highest BCUT2D eigenvalue weighted by molar-refractivity contribution is 5.73. The van der Waals surface area contributed by atoms with E-state index >= 15 is 0 Å². The van der Waals surface area contributed by atoms with Crippen molar-refractivity contribution in [2.24, 2.45) is 5.73 Å². The average molecular weight is 176 g/mol. The van der Waals surface area contributed by atoms with Crippen LogP contribution in [0.25, 0.3) is 11.0 Å². The summed E-state index contributed by atoms with van der Waals surface area (Å²) in [5.41, 5.74) is 7.45. The molecule has 68 valence electrons. The summed E-state index contributed by atoms with van der Waals surface area (Å²) in [6.07, 6.45) is 0.938. The first-order valence-electron chi connectivity index (χ1n) is 4.40. The zero-order chi connectivity index (χ0) is 9.10. The van der Waals surface area contributed by atoms with Gasteiger partial charge in [-0.1, -0.05) is 17.3 Å². The minimum absolute atomic E-state index is 0.689. The highest BCUT2D eigenvalue weighted by Gasteiger charge is 2.00. The van der Waals surface area contributed by atoms with Gasteiger partial charge in [-0.05, 0) is 25.1 Å². The molecule has 0 aliphatic rings. The number of nitrogens with two attached hydrogens (primary N) is 1. The fourth-order valence-electron chi connectivity index (χ4n) is 1.32. The quantitative estimate of drug-likeness (QED) is 0.751. The SMILES string of the molecule is NCCCn1nnc2ccccc21. The van der Waals surface area contributed by atoms with Crippen molar-refractivity contribution in [1.82, 2.24) is 15.0 Å². The van der Waals surface area contributed by atoms with Crippen molar-refractivity contribution in [3.8, 4) is 0 Å². The summed E-state index contributed by atoms with van der Waals surface area (Å²) in [6.45, 7) is 1.53. The van der Waals surface area contributed by atoms with Gasteiger partial charge in [0.15, 0.2) is 0 Å². The van der Waals surface area contributed by atoms with E-state index in [-0.39, 0.29) is 0 Å². The van der Waals surface area contributed by atoms with Crippen molar-refractivity contribution in [3.05, 3.63) is 24.3 Å². The van der Waals surface area contributed by atoms with Crippen LogP contribution >= 0.6 is 0 Å². The summed E-state index contributed by atoms with van der Waals surface area (Å²) < 4.78 is 1.89. The van der Waals surface area contributed by atoms with E-state index in [0.29, 0.717) is 6.54 Å². The van der Waals surface area contributed by atoms with Crippen LogP contribution in [0.2, 0.25) is 0 Å². The van der Waals surface area contributed by atoms with Crippen molar-refractivity contribution in [1.29, 1.82) is 0 Å². The standard InChI is InChI=1S/C9H12N4/c10-6-3-7-13-9-5-2-1-4-8(9)11-12-13/h1-2,4-5H,3,6-7,10H2. The Labute approximate surface area is 76.3 Å². The van der Waals surface area contributed by atoms with Crippen molar-refractivity contribution < 1.29 is 0 Å². The first-order chi connectivity index (χ1) is 6.42. The van der Waals surface area contributed by atoms with Gasteiger partial charge in [-0.2, -0.15) is 0 Å². The van der Waals surface area contributed by atoms with Crippen molar-refractivity contribution in [3.63, 3.8) is 0 Å². The average Bonchev–Trinajstić information content (AvgIpc) is 2.58. The van der Waals surface area contributed by atoms with E-state index in [4.69, 9.17) is 5.73 Å². The van der Waals surface area contributed by atoms with E-state index in [2.05, 4.69) is 10.3 Å². The summed E-state index contributed by atoms with van der Waals surface area (Å²) in [7, 11) is 0. The Balaban J connectivity index is 2.35. The zero-order valence-corrected chi connectivity index (χ0v) is 7.35. The fraction of sp³-hybridized carbons (Fsp3) is 0.333. The van der Waals surface area contributed by atoms with Gasteiger partial charge in [0.25, 0.3) is 0 Å². The summed E-state index contributed by atoms with van der Waals surface area (Å²) in [4.78, 5) is 0. The second kappa shape index (κ2) is 3.53. The number of rotatable bonds is 3. The van der Waals surface area contributed by atoms with Gasteiger partial charge in [0, 0.05) is 6.54 Å². The molecule has 0 saturated carbocycles. The van der Waals surface area contributed by atoms with Gasteiger partial charge in [0.2, 0.25) is 0 Å². The van der Waals surface area contributed by atoms with Gasteiger partial charge >= 0.3 is 0 Å². The Morgan fingerprint density at radius 2 is 2.15 bits per heavy atom. The van der Waals surface area contributed by atoms with Crippen LogP contribution in [-0.4, -0.2) is 21.5 Å². The molecule has 1 aromatic carbocycles. The first kappa shape index (κ1) is 8.19. The molecule has 2 aromatic rings. The third-order valence-electron chi connectivity index (χ3n) is 1.99. The minimum atomic E-state index is 0.689. The maximum absolute atomic E-state index is 5.43. The maximum atomic E-state index is 5.43. The van der Waals surface area contributed by atoms with Crippen LogP contribution in [0.5, 0.6) is 0 Å². The van der Waals surface area contributed by atoms with Crippen LogP contribution < -0.4 is 5.73 Å². The molecule has 0 atom stereocenters. The molecule has 0 amide bonds. The number of aryl methyl sites for hydroxylation is 1. The van der Waals surface area contributed by atoms with Crippen LogP contribution in [0.4, 0.5) is 0 Å². The molecule has 0 aliphatic heterocycles. The third kappa shape index (κ3) is 1.53. The molecule has 1 aromatic heterocycles. The highest BCUT2D eigenvalue weighted by atomic mass is 15.4. The number of hydrogen-bond acceptors (Lipinski definition) is 3. The Morgan fingerprint density at radius 3 is 3.00 bits per heavy atom. The number of hydrogen-bond donors (Lipinski definition) is 1. The molecule has 0 bridgehead atoms. The van der Waals surface area contributed by atoms with Gasteiger partial charge in [0.1, 0.15) is 5.52 Å². The normalized spacial score (nSPS) is 10.8. The topological polar surface area (TPSA) is 56.7 Å². The van der Waals surface area contributed by atoms with Crippen LogP contribution in [0.3, 0.4) is 0 Å². The Bertz CT molecular complexity index is 393. The van der Waals surface area contributed by atoms with Crippen LogP contribution in [-0.2, 0) is 6.54 Å². The van der Waals surface area contributed by atoms with Gasteiger partial charge in [-0.25, -0.2) is 4.68 Å². The molecule has 2 N–H and O–H groups in total. The molecule has 0 fully saturated rings. The lowest BCUT2D eigenvalue weighted by Crippen LogP contribution is -2.06. The largest absolute Gasteiger partial charge is 0.330 e. The highest BCUT2D eigenvalue weighted by Crippen LogP contribution is 2.09. The molecule has 0 radical (unpaired) electrons. The minimum Gasteiger partial charge on any atom is -0.330 e. The fourth-order valence-corrected chi connectivity index (χ4v) is 1.32. The lowest BCUT2D eigenvalue weighted by Gasteiger charge is -1.98. The monoisotopic (exact) mass is 176 g/mol. The molecule has 0 spiro atoms. The summed E-state index contributed by atoms with van der Waals surface area (Å²) >= 11 is 0. The van der Waals surface area contributed by atoms with Gasteiger partial charge in [-0.3, -0.25) is 0 Å². The van der Waals surface area contributed by atoms with Gasteiger partial charge < -0.3 is 5.73 Å². The van der Waals surface area contributed by atoms with Crippen LogP contribution in [0.1, 0.15) is 6.42 Å². The molecule has 1 heterocycles. The number of aromatic nitrogens is 3. The molecule has 4 nitrogen and oxygen atoms in total. The molecule has 0 unspecified atom stereocenters. The van der Waals surface area contributed by atoms with E-state index in [9.17, 15) is 0 Å². The number of para-hydroxylation sites is 1. The molecule has 4 heteroatoms. The Kier molecular flexibility index (Phi) is 2.23. The molecule has 2 rings (SSSR count). The Morgan fingerprint density at radius 1 is 1.31 bits per heavy atom. The van der Waals surface area contributed by atoms with E-state index < -0.39 is 0 Å². The van der Waals surface area contributed by atoms with Crippen molar-refractivity contribution in [2.75, 3.05) is 6.54 Å². The van der Waals surface area contributed by atoms with Crippen molar-refractivity contribution >= 4 is 11.0 Å². The number of fused-ring (bicyclic) bond motifs is 1. The summed E-state index contributed by atoms with van der Waals surface area (Å²) in [6, 6.07) is 7.93. The van der Waals surface area contributed by atoms with Crippen molar-refractivity contribution in [2.45, 2.75) is 13.0 Å². The van der Waals surface area contributed by atoms with Gasteiger partial charge in [-0.15, -0.1) is 5.10 Å². The number of nitrogens with zero attached hydrogens (tertiary/aromatic N) is 3. The second-order valence-electron chi connectivity index (χ2n) is 2.94. The van der Waals surface area contributed by atoms with Crippen LogP contribution in [0.15, 0.2) is 24.3 Å². The predicted molar refractivity (Wildman–Crippen MR) is 51.2 cm³/mol. The van der Waals surface area contributed by atoms with E-state index in [0.717, 1.165) is 24.0 Å². The third-order valence-corrected chi connectivity index (χ3v) is 1.99. The van der Waals surface area contributed by atoms with E-state index in [1.54, 1.807) is 0 Å². The lowest BCUT2D eigenvalue weighted by atomic mass is 10.3. The summed E-state index contributed by atoms with van der Waals surface area (Å²) in [5, 5.41) is 8.09. The maximum Gasteiger partial charge on any atom is 0.113 e. The first-order valence-corrected chi connectivity index (χ1v) is 4.40. The van der Waals surface area contributed by atoms with Crippen LogP contribution in [0, 0.1) is 0 Å². The smallest absolute Gasteiger partial charge is 0.113 e. The molecular formula is C9H12N4.